The highest BCUT2D eigenvalue weighted by molar-refractivity contribution is 5.37. The minimum atomic E-state index is -0.610. The molecule has 2 fully saturated rings. The predicted octanol–water partition coefficient (Wildman–Crippen LogP) is 5.09. The van der Waals surface area contributed by atoms with E-state index in [0.717, 1.165) is 55.5 Å². The van der Waals surface area contributed by atoms with Crippen LogP contribution >= 0.6 is 0 Å². The molecular formula is C24H30FNO2. The summed E-state index contributed by atoms with van der Waals surface area (Å²) < 4.78 is 19.7. The number of rotatable bonds is 5. The summed E-state index contributed by atoms with van der Waals surface area (Å²) in [7, 11) is 0. The van der Waals surface area contributed by atoms with E-state index in [2.05, 4.69) is 17.0 Å². The molecule has 3 nitrogen and oxygen atoms in total. The molecule has 4 rings (SSSR count). The van der Waals surface area contributed by atoms with Crippen LogP contribution in [0.15, 0.2) is 48.5 Å². The SMILES string of the molecule is CCOc1ccccc1C1C2CCCCC2(O)CCN1Cc1cccc(F)c1. The summed E-state index contributed by atoms with van der Waals surface area (Å²) >= 11 is 0. The van der Waals surface area contributed by atoms with Gasteiger partial charge in [0.25, 0.3) is 0 Å². The molecule has 3 unspecified atom stereocenters. The van der Waals surface area contributed by atoms with Gasteiger partial charge in [-0.2, -0.15) is 0 Å². The highest BCUT2D eigenvalue weighted by Gasteiger charge is 2.49. The Bertz CT molecular complexity index is 811. The number of fused-ring (bicyclic) bond motifs is 1. The van der Waals surface area contributed by atoms with Gasteiger partial charge in [0.1, 0.15) is 11.6 Å². The second-order valence-corrected chi connectivity index (χ2v) is 8.22. The van der Waals surface area contributed by atoms with Crippen LogP contribution in [0.5, 0.6) is 5.75 Å². The molecule has 4 heteroatoms. The number of hydrogen-bond donors (Lipinski definition) is 1. The minimum absolute atomic E-state index is 0.0741. The smallest absolute Gasteiger partial charge is 0.124 e. The third kappa shape index (κ3) is 3.81. The molecule has 3 atom stereocenters. The fraction of sp³-hybridized carbons (Fsp3) is 0.500. The Morgan fingerprint density at radius 1 is 1.14 bits per heavy atom. The molecule has 1 N–H and O–H groups in total. The zero-order chi connectivity index (χ0) is 19.6. The van der Waals surface area contributed by atoms with Gasteiger partial charge in [0.2, 0.25) is 0 Å². The summed E-state index contributed by atoms with van der Waals surface area (Å²) in [6.45, 7) is 4.09. The lowest BCUT2D eigenvalue weighted by molar-refractivity contribution is -0.126. The summed E-state index contributed by atoms with van der Waals surface area (Å²) in [5.41, 5.74) is 1.51. The summed E-state index contributed by atoms with van der Waals surface area (Å²) in [4.78, 5) is 2.41. The maximum absolute atomic E-state index is 13.8. The van der Waals surface area contributed by atoms with Gasteiger partial charge in [-0.25, -0.2) is 4.39 Å². The number of likely N-dealkylation sites (tertiary alicyclic amines) is 1. The highest BCUT2D eigenvalue weighted by atomic mass is 19.1. The number of halogens is 1. The van der Waals surface area contributed by atoms with Crippen LogP contribution in [0.1, 0.15) is 56.2 Å². The van der Waals surface area contributed by atoms with Crippen LogP contribution in [0.25, 0.3) is 0 Å². The van der Waals surface area contributed by atoms with E-state index in [9.17, 15) is 9.50 Å². The number of ether oxygens (including phenoxy) is 1. The zero-order valence-electron chi connectivity index (χ0n) is 16.6. The molecule has 2 aliphatic rings. The van der Waals surface area contributed by atoms with Gasteiger partial charge in [0.05, 0.1) is 12.2 Å². The van der Waals surface area contributed by atoms with E-state index < -0.39 is 5.60 Å². The molecule has 1 saturated heterocycles. The first-order valence-corrected chi connectivity index (χ1v) is 10.5. The summed E-state index contributed by atoms with van der Waals surface area (Å²) in [5, 5.41) is 11.4. The van der Waals surface area contributed by atoms with Crippen molar-refractivity contribution in [1.29, 1.82) is 0 Å². The van der Waals surface area contributed by atoms with Crippen molar-refractivity contribution in [3.8, 4) is 5.75 Å². The van der Waals surface area contributed by atoms with Gasteiger partial charge in [-0.3, -0.25) is 4.90 Å². The van der Waals surface area contributed by atoms with Crippen LogP contribution in [0, 0.1) is 11.7 Å². The number of piperidine rings is 1. The molecule has 0 bridgehead atoms. The maximum Gasteiger partial charge on any atom is 0.124 e. The van der Waals surface area contributed by atoms with E-state index >= 15 is 0 Å². The van der Waals surface area contributed by atoms with Crippen molar-refractivity contribution in [1.82, 2.24) is 4.90 Å². The maximum atomic E-state index is 13.8. The molecule has 1 aliphatic heterocycles. The molecule has 2 aromatic rings. The standard InChI is InChI=1S/C24H30FNO2/c1-2-28-22-12-4-3-10-20(22)23-21-11-5-6-13-24(21,27)14-15-26(23)17-18-8-7-9-19(25)16-18/h3-4,7-10,12,16,21,23,27H,2,5-6,11,13-15,17H2,1H3. The number of nitrogens with zero attached hydrogens (tertiary/aromatic N) is 1. The molecule has 0 aromatic heterocycles. The van der Waals surface area contributed by atoms with E-state index in [1.807, 2.05) is 25.1 Å². The van der Waals surface area contributed by atoms with Gasteiger partial charge in [0.15, 0.2) is 0 Å². The summed E-state index contributed by atoms with van der Waals surface area (Å²) in [6.07, 6.45) is 4.91. The van der Waals surface area contributed by atoms with Gasteiger partial charge < -0.3 is 9.84 Å². The number of aliphatic hydroxyl groups is 1. The van der Waals surface area contributed by atoms with Crippen LogP contribution in [-0.2, 0) is 6.54 Å². The Morgan fingerprint density at radius 2 is 2.00 bits per heavy atom. The predicted molar refractivity (Wildman–Crippen MR) is 109 cm³/mol. The first kappa shape index (κ1) is 19.4. The zero-order valence-corrected chi connectivity index (χ0v) is 16.6. The van der Waals surface area contributed by atoms with Crippen molar-refractivity contribution in [3.63, 3.8) is 0 Å². The van der Waals surface area contributed by atoms with Crippen molar-refractivity contribution in [2.75, 3.05) is 13.2 Å². The van der Waals surface area contributed by atoms with Crippen molar-refractivity contribution in [3.05, 3.63) is 65.5 Å². The average molecular weight is 384 g/mol. The third-order valence-electron chi connectivity index (χ3n) is 6.48. The molecule has 150 valence electrons. The van der Waals surface area contributed by atoms with E-state index in [4.69, 9.17) is 4.74 Å². The van der Waals surface area contributed by atoms with E-state index in [1.54, 1.807) is 12.1 Å². The van der Waals surface area contributed by atoms with Crippen molar-refractivity contribution in [2.24, 2.45) is 5.92 Å². The van der Waals surface area contributed by atoms with Crippen molar-refractivity contribution in [2.45, 2.75) is 57.2 Å². The van der Waals surface area contributed by atoms with Gasteiger partial charge in [-0.15, -0.1) is 0 Å². The van der Waals surface area contributed by atoms with Crippen LogP contribution in [0.3, 0.4) is 0 Å². The Hall–Kier alpha value is -1.91. The van der Waals surface area contributed by atoms with E-state index in [0.29, 0.717) is 13.2 Å². The lowest BCUT2D eigenvalue weighted by Crippen LogP contribution is -2.54. The van der Waals surface area contributed by atoms with E-state index in [-0.39, 0.29) is 17.8 Å². The topological polar surface area (TPSA) is 32.7 Å². The Balaban J connectivity index is 1.72. The molecule has 1 aliphatic carbocycles. The summed E-state index contributed by atoms with van der Waals surface area (Å²) in [6, 6.07) is 15.1. The minimum Gasteiger partial charge on any atom is -0.494 e. The van der Waals surface area contributed by atoms with Gasteiger partial charge in [-0.05, 0) is 49.9 Å². The van der Waals surface area contributed by atoms with Crippen molar-refractivity contribution >= 4 is 0 Å². The van der Waals surface area contributed by atoms with Crippen LogP contribution in [-0.4, -0.2) is 28.8 Å². The molecular weight excluding hydrogens is 353 g/mol. The molecule has 28 heavy (non-hydrogen) atoms. The van der Waals surface area contributed by atoms with Crippen molar-refractivity contribution < 1.29 is 14.2 Å². The highest BCUT2D eigenvalue weighted by Crippen LogP contribution is 2.51. The molecule has 2 aromatic carbocycles. The molecule has 0 radical (unpaired) electrons. The molecule has 1 heterocycles. The summed E-state index contributed by atoms with van der Waals surface area (Å²) in [5.74, 6) is 0.870. The van der Waals surface area contributed by atoms with Crippen LogP contribution < -0.4 is 4.74 Å². The lowest BCUT2D eigenvalue weighted by atomic mass is 9.66. The third-order valence-corrected chi connectivity index (χ3v) is 6.48. The van der Waals surface area contributed by atoms with Gasteiger partial charge in [0, 0.05) is 30.6 Å². The lowest BCUT2D eigenvalue weighted by Gasteiger charge is -2.53. The van der Waals surface area contributed by atoms with Gasteiger partial charge >= 0.3 is 0 Å². The second-order valence-electron chi connectivity index (χ2n) is 8.22. The Morgan fingerprint density at radius 3 is 2.82 bits per heavy atom. The number of para-hydroxylation sites is 1. The van der Waals surface area contributed by atoms with E-state index in [1.165, 1.54) is 6.07 Å². The number of benzene rings is 2. The van der Waals surface area contributed by atoms with Gasteiger partial charge in [-0.1, -0.05) is 43.2 Å². The first-order chi connectivity index (χ1) is 13.6. The fourth-order valence-corrected chi connectivity index (χ4v) is 5.21. The Labute approximate surface area is 167 Å². The van der Waals surface area contributed by atoms with Crippen LogP contribution in [0.4, 0.5) is 4.39 Å². The molecule has 0 spiro atoms. The quantitative estimate of drug-likeness (QED) is 0.780. The first-order valence-electron chi connectivity index (χ1n) is 10.5. The Kier molecular flexibility index (Phi) is 5.70. The monoisotopic (exact) mass is 383 g/mol. The normalized spacial score (nSPS) is 28.0. The van der Waals surface area contributed by atoms with Crippen LogP contribution in [0.2, 0.25) is 0 Å². The average Bonchev–Trinajstić information content (AvgIpc) is 2.69. The molecule has 0 amide bonds. The fourth-order valence-electron chi connectivity index (χ4n) is 5.21. The molecule has 1 saturated carbocycles. The largest absolute Gasteiger partial charge is 0.494 e. The second kappa shape index (κ2) is 8.22. The number of hydrogen-bond acceptors (Lipinski definition) is 3.